The average molecular weight is 182 g/mol. The summed E-state index contributed by atoms with van der Waals surface area (Å²) in [5, 5.41) is 5.23. The molecule has 0 aromatic carbocycles. The molecular formula is C8H10N2OS. The molecule has 1 aromatic heterocycles. The van der Waals surface area contributed by atoms with E-state index in [0.29, 0.717) is 5.01 Å². The van der Waals surface area contributed by atoms with Crippen LogP contribution in [0.3, 0.4) is 0 Å². The molecule has 1 saturated carbocycles. The smallest absolute Gasteiger partial charge is 0.280 e. The van der Waals surface area contributed by atoms with Crippen LogP contribution in [0.25, 0.3) is 0 Å². The van der Waals surface area contributed by atoms with Gasteiger partial charge in [0.2, 0.25) is 0 Å². The first-order valence-electron chi connectivity index (χ1n) is 4.04. The third-order valence-corrected chi connectivity index (χ3v) is 2.65. The Morgan fingerprint density at radius 3 is 3.17 bits per heavy atom. The molecule has 1 heterocycles. The Morgan fingerprint density at radius 1 is 1.75 bits per heavy atom. The van der Waals surface area contributed by atoms with Gasteiger partial charge >= 0.3 is 0 Å². The van der Waals surface area contributed by atoms with Crippen molar-refractivity contribution in [2.75, 3.05) is 6.54 Å². The Kier molecular flexibility index (Phi) is 2.08. The van der Waals surface area contributed by atoms with Gasteiger partial charge in [-0.15, -0.1) is 11.3 Å². The van der Waals surface area contributed by atoms with Crippen LogP contribution in [0, 0.1) is 5.92 Å². The van der Waals surface area contributed by atoms with E-state index in [4.69, 9.17) is 0 Å². The number of carbonyl (C=O) groups excluding carboxylic acids is 1. The molecule has 0 saturated heterocycles. The first kappa shape index (κ1) is 7.73. The first-order chi connectivity index (χ1) is 5.86. The van der Waals surface area contributed by atoms with E-state index in [2.05, 4.69) is 10.3 Å². The van der Waals surface area contributed by atoms with E-state index in [1.807, 2.05) is 5.38 Å². The minimum atomic E-state index is -0.0306. The zero-order chi connectivity index (χ0) is 8.39. The van der Waals surface area contributed by atoms with Gasteiger partial charge in [0.15, 0.2) is 5.01 Å². The fourth-order valence-electron chi connectivity index (χ4n) is 0.970. The van der Waals surface area contributed by atoms with Gasteiger partial charge in [0.1, 0.15) is 0 Å². The highest BCUT2D eigenvalue weighted by Crippen LogP contribution is 2.27. The number of nitrogens with zero attached hydrogens (tertiary/aromatic N) is 1. The maximum atomic E-state index is 11.3. The molecule has 64 valence electrons. The lowest BCUT2D eigenvalue weighted by molar-refractivity contribution is 0.0951. The van der Waals surface area contributed by atoms with Crippen molar-refractivity contribution >= 4 is 17.2 Å². The minimum absolute atomic E-state index is 0.0306. The molecular weight excluding hydrogens is 172 g/mol. The normalized spacial score (nSPS) is 16.0. The minimum Gasteiger partial charge on any atom is -0.350 e. The SMILES string of the molecule is O=C(NCC1CC1)c1nccs1. The third kappa shape index (κ3) is 1.82. The molecule has 1 N–H and O–H groups in total. The summed E-state index contributed by atoms with van der Waals surface area (Å²) in [7, 11) is 0. The van der Waals surface area contributed by atoms with Crippen molar-refractivity contribution in [3.63, 3.8) is 0 Å². The summed E-state index contributed by atoms with van der Waals surface area (Å²) in [4.78, 5) is 15.2. The molecule has 1 aromatic rings. The van der Waals surface area contributed by atoms with Gasteiger partial charge in [-0.2, -0.15) is 0 Å². The van der Waals surface area contributed by atoms with E-state index < -0.39 is 0 Å². The number of hydrogen-bond donors (Lipinski definition) is 1. The molecule has 0 radical (unpaired) electrons. The van der Waals surface area contributed by atoms with Gasteiger partial charge in [-0.1, -0.05) is 0 Å². The topological polar surface area (TPSA) is 42.0 Å². The average Bonchev–Trinajstić information content (AvgIpc) is 2.74. The molecule has 0 aliphatic heterocycles. The first-order valence-corrected chi connectivity index (χ1v) is 4.92. The van der Waals surface area contributed by atoms with Gasteiger partial charge in [-0.25, -0.2) is 4.98 Å². The van der Waals surface area contributed by atoms with Crippen LogP contribution in [0.2, 0.25) is 0 Å². The van der Waals surface area contributed by atoms with Crippen LogP contribution in [0.1, 0.15) is 22.6 Å². The molecule has 2 rings (SSSR count). The third-order valence-electron chi connectivity index (χ3n) is 1.87. The van der Waals surface area contributed by atoms with E-state index in [1.54, 1.807) is 6.20 Å². The molecule has 1 aliphatic rings. The summed E-state index contributed by atoms with van der Waals surface area (Å²) in [5.41, 5.74) is 0. The summed E-state index contributed by atoms with van der Waals surface area (Å²) in [6.45, 7) is 0.818. The monoisotopic (exact) mass is 182 g/mol. The molecule has 0 bridgehead atoms. The maximum absolute atomic E-state index is 11.3. The Balaban J connectivity index is 1.83. The molecule has 4 heteroatoms. The van der Waals surface area contributed by atoms with Crippen LogP contribution in [0.15, 0.2) is 11.6 Å². The standard InChI is InChI=1S/C8H10N2OS/c11-7(8-9-3-4-12-8)10-5-6-1-2-6/h3-4,6H,1-2,5H2,(H,10,11). The van der Waals surface area contributed by atoms with Gasteiger partial charge in [0.05, 0.1) is 0 Å². The Morgan fingerprint density at radius 2 is 2.58 bits per heavy atom. The van der Waals surface area contributed by atoms with Crippen molar-refractivity contribution in [2.24, 2.45) is 5.92 Å². The molecule has 0 spiro atoms. The highest BCUT2D eigenvalue weighted by atomic mass is 32.1. The lowest BCUT2D eigenvalue weighted by Gasteiger charge is -1.99. The van der Waals surface area contributed by atoms with Crippen molar-refractivity contribution in [1.29, 1.82) is 0 Å². The van der Waals surface area contributed by atoms with Crippen LogP contribution in [0.4, 0.5) is 0 Å². The van der Waals surface area contributed by atoms with Gasteiger partial charge in [0, 0.05) is 18.1 Å². The predicted octanol–water partition coefficient (Wildman–Crippen LogP) is 1.28. The molecule has 1 amide bonds. The van der Waals surface area contributed by atoms with E-state index >= 15 is 0 Å². The second kappa shape index (κ2) is 3.23. The van der Waals surface area contributed by atoms with E-state index in [9.17, 15) is 4.79 Å². The molecule has 0 unspecified atom stereocenters. The number of aromatic nitrogens is 1. The number of carbonyl (C=O) groups is 1. The van der Waals surface area contributed by atoms with Crippen LogP contribution in [-0.4, -0.2) is 17.4 Å². The number of rotatable bonds is 3. The quantitative estimate of drug-likeness (QED) is 0.765. The van der Waals surface area contributed by atoms with Crippen molar-refractivity contribution < 1.29 is 4.79 Å². The van der Waals surface area contributed by atoms with Crippen LogP contribution in [0.5, 0.6) is 0 Å². The maximum Gasteiger partial charge on any atom is 0.280 e. The lowest BCUT2D eigenvalue weighted by Crippen LogP contribution is -2.25. The molecule has 0 atom stereocenters. The number of hydrogen-bond acceptors (Lipinski definition) is 3. The van der Waals surface area contributed by atoms with Crippen molar-refractivity contribution in [3.8, 4) is 0 Å². The Bertz CT molecular complexity index is 267. The van der Waals surface area contributed by atoms with E-state index in [0.717, 1.165) is 12.5 Å². The van der Waals surface area contributed by atoms with Crippen LogP contribution < -0.4 is 5.32 Å². The summed E-state index contributed by atoms with van der Waals surface area (Å²) in [6.07, 6.45) is 4.17. The molecule has 3 nitrogen and oxygen atoms in total. The second-order valence-corrected chi connectivity index (χ2v) is 3.89. The highest BCUT2D eigenvalue weighted by Gasteiger charge is 2.22. The number of amides is 1. The number of nitrogens with one attached hydrogen (secondary N) is 1. The highest BCUT2D eigenvalue weighted by molar-refractivity contribution is 7.11. The zero-order valence-corrected chi connectivity index (χ0v) is 7.43. The van der Waals surface area contributed by atoms with E-state index in [1.165, 1.54) is 24.2 Å². The Hall–Kier alpha value is -0.900. The zero-order valence-electron chi connectivity index (χ0n) is 6.62. The van der Waals surface area contributed by atoms with Gasteiger partial charge in [0.25, 0.3) is 5.91 Å². The molecule has 1 fully saturated rings. The summed E-state index contributed by atoms with van der Waals surface area (Å²) >= 11 is 1.38. The lowest BCUT2D eigenvalue weighted by atomic mass is 10.4. The largest absolute Gasteiger partial charge is 0.350 e. The molecule has 1 aliphatic carbocycles. The fourth-order valence-corrected chi connectivity index (χ4v) is 1.52. The van der Waals surface area contributed by atoms with Crippen molar-refractivity contribution in [2.45, 2.75) is 12.8 Å². The van der Waals surface area contributed by atoms with Crippen LogP contribution >= 0.6 is 11.3 Å². The van der Waals surface area contributed by atoms with Crippen molar-refractivity contribution in [3.05, 3.63) is 16.6 Å². The van der Waals surface area contributed by atoms with Gasteiger partial charge in [-0.3, -0.25) is 4.79 Å². The summed E-state index contributed by atoms with van der Waals surface area (Å²) in [6, 6.07) is 0. The van der Waals surface area contributed by atoms with Gasteiger partial charge in [-0.05, 0) is 18.8 Å². The van der Waals surface area contributed by atoms with Crippen molar-refractivity contribution in [1.82, 2.24) is 10.3 Å². The van der Waals surface area contributed by atoms with E-state index in [-0.39, 0.29) is 5.91 Å². The van der Waals surface area contributed by atoms with Gasteiger partial charge < -0.3 is 5.32 Å². The second-order valence-electron chi connectivity index (χ2n) is 2.99. The summed E-state index contributed by atoms with van der Waals surface area (Å²) in [5.74, 6) is 0.700. The fraction of sp³-hybridized carbons (Fsp3) is 0.500. The Labute approximate surface area is 74.8 Å². The van der Waals surface area contributed by atoms with Crippen LogP contribution in [-0.2, 0) is 0 Å². The molecule has 12 heavy (non-hydrogen) atoms. The number of thiazole rings is 1. The summed E-state index contributed by atoms with van der Waals surface area (Å²) < 4.78 is 0. The predicted molar refractivity (Wildman–Crippen MR) is 47.2 cm³/mol.